The molecule has 140 valence electrons. The number of anilines is 2. The van der Waals surface area contributed by atoms with E-state index < -0.39 is 0 Å². The Kier molecular flexibility index (Phi) is 5.35. The molecule has 0 radical (unpaired) electrons. The van der Waals surface area contributed by atoms with E-state index in [4.69, 9.17) is 5.73 Å². The summed E-state index contributed by atoms with van der Waals surface area (Å²) < 4.78 is 0. The molecule has 0 unspecified atom stereocenters. The first-order valence-corrected chi connectivity index (χ1v) is 10.4. The number of hydrogen-bond donors (Lipinski definition) is 2. The topological polar surface area (TPSA) is 120 Å². The maximum atomic E-state index is 12.1. The maximum absolute atomic E-state index is 12.1. The van der Waals surface area contributed by atoms with Crippen molar-refractivity contribution in [2.45, 2.75) is 38.0 Å². The van der Waals surface area contributed by atoms with E-state index in [2.05, 4.69) is 30.7 Å². The summed E-state index contributed by atoms with van der Waals surface area (Å²) in [6.45, 7) is 0. The molecule has 3 aromatic rings. The van der Waals surface area contributed by atoms with Gasteiger partial charge in [-0.3, -0.25) is 9.78 Å². The van der Waals surface area contributed by atoms with Crippen molar-refractivity contribution >= 4 is 38.8 Å². The Bertz CT molecular complexity index is 911. The minimum absolute atomic E-state index is 0.130. The third-order valence-electron chi connectivity index (χ3n) is 4.59. The summed E-state index contributed by atoms with van der Waals surface area (Å²) in [6.07, 6.45) is 6.08. The fourth-order valence-electron chi connectivity index (χ4n) is 3.36. The van der Waals surface area contributed by atoms with E-state index in [0.717, 1.165) is 41.4 Å². The van der Waals surface area contributed by atoms with E-state index >= 15 is 0 Å². The SMILES string of the molecule is Nc1nnc(C[C@H]2CC[C@@H](c3nnc(NC(=O)Cc4ccccn4)s3)C2)s1. The number of hydrogen-bond acceptors (Lipinski definition) is 9. The van der Waals surface area contributed by atoms with Crippen molar-refractivity contribution in [2.75, 3.05) is 11.1 Å². The van der Waals surface area contributed by atoms with Gasteiger partial charge in [-0.15, -0.1) is 20.4 Å². The van der Waals surface area contributed by atoms with Crippen LogP contribution in [0.1, 0.15) is 40.9 Å². The molecule has 27 heavy (non-hydrogen) atoms. The first-order chi connectivity index (χ1) is 13.2. The Morgan fingerprint density at radius 1 is 1.19 bits per heavy atom. The third kappa shape index (κ3) is 4.64. The van der Waals surface area contributed by atoms with Crippen LogP contribution in [0.5, 0.6) is 0 Å². The van der Waals surface area contributed by atoms with Gasteiger partial charge in [0.2, 0.25) is 16.2 Å². The fraction of sp³-hybridized carbons (Fsp3) is 0.412. The lowest BCUT2D eigenvalue weighted by Gasteiger charge is -2.06. The molecule has 2 atom stereocenters. The molecule has 1 fully saturated rings. The number of carbonyl (C=O) groups excluding carboxylic acids is 1. The average molecular weight is 402 g/mol. The normalized spacial score (nSPS) is 19.3. The first kappa shape index (κ1) is 17.9. The lowest BCUT2D eigenvalue weighted by molar-refractivity contribution is -0.115. The Balaban J connectivity index is 1.31. The van der Waals surface area contributed by atoms with Crippen LogP contribution in [0.2, 0.25) is 0 Å². The van der Waals surface area contributed by atoms with Crippen molar-refractivity contribution < 1.29 is 4.79 Å². The zero-order chi connectivity index (χ0) is 18.6. The van der Waals surface area contributed by atoms with Gasteiger partial charge in [-0.05, 0) is 37.3 Å². The van der Waals surface area contributed by atoms with Gasteiger partial charge in [-0.2, -0.15) is 0 Å². The van der Waals surface area contributed by atoms with Crippen LogP contribution in [-0.2, 0) is 17.6 Å². The molecule has 0 aromatic carbocycles. The highest BCUT2D eigenvalue weighted by atomic mass is 32.1. The van der Waals surface area contributed by atoms with Crippen LogP contribution in [0, 0.1) is 5.92 Å². The van der Waals surface area contributed by atoms with Crippen LogP contribution in [0.25, 0.3) is 0 Å². The summed E-state index contributed by atoms with van der Waals surface area (Å²) in [4.78, 5) is 16.3. The second kappa shape index (κ2) is 8.05. The molecule has 3 heterocycles. The van der Waals surface area contributed by atoms with Crippen molar-refractivity contribution in [3.05, 3.63) is 40.1 Å². The highest BCUT2D eigenvalue weighted by Crippen LogP contribution is 2.41. The average Bonchev–Trinajstić information content (AvgIpc) is 3.38. The lowest BCUT2D eigenvalue weighted by atomic mass is 10.0. The summed E-state index contributed by atoms with van der Waals surface area (Å²) >= 11 is 2.92. The number of nitrogens with zero attached hydrogens (tertiary/aromatic N) is 5. The third-order valence-corrected chi connectivity index (χ3v) is 6.37. The van der Waals surface area contributed by atoms with Crippen molar-refractivity contribution in [1.82, 2.24) is 25.4 Å². The van der Waals surface area contributed by atoms with Crippen LogP contribution >= 0.6 is 22.7 Å². The molecule has 0 saturated heterocycles. The van der Waals surface area contributed by atoms with E-state index in [9.17, 15) is 4.79 Å². The number of nitrogen functional groups attached to an aromatic ring is 1. The molecule has 3 aromatic heterocycles. The Morgan fingerprint density at radius 2 is 2.11 bits per heavy atom. The quantitative estimate of drug-likeness (QED) is 0.651. The highest BCUT2D eigenvalue weighted by Gasteiger charge is 2.29. The smallest absolute Gasteiger partial charge is 0.232 e. The molecule has 0 bridgehead atoms. The van der Waals surface area contributed by atoms with Gasteiger partial charge in [-0.1, -0.05) is 28.7 Å². The van der Waals surface area contributed by atoms with E-state index in [1.54, 1.807) is 6.20 Å². The van der Waals surface area contributed by atoms with E-state index in [-0.39, 0.29) is 12.3 Å². The number of aromatic nitrogens is 5. The molecule has 1 amide bonds. The van der Waals surface area contributed by atoms with Crippen LogP contribution < -0.4 is 11.1 Å². The van der Waals surface area contributed by atoms with Gasteiger partial charge in [-0.25, -0.2) is 0 Å². The van der Waals surface area contributed by atoms with Gasteiger partial charge in [0.1, 0.15) is 10.0 Å². The molecule has 8 nitrogen and oxygen atoms in total. The summed E-state index contributed by atoms with van der Waals surface area (Å²) in [6, 6.07) is 5.52. The summed E-state index contributed by atoms with van der Waals surface area (Å²) in [7, 11) is 0. The van der Waals surface area contributed by atoms with Crippen LogP contribution in [-0.4, -0.2) is 31.3 Å². The molecule has 1 saturated carbocycles. The monoisotopic (exact) mass is 401 g/mol. The largest absolute Gasteiger partial charge is 0.374 e. The summed E-state index contributed by atoms with van der Waals surface area (Å²) in [5.41, 5.74) is 6.38. The number of rotatable bonds is 6. The predicted octanol–water partition coefficient (Wildman–Crippen LogP) is 2.67. The number of nitrogens with two attached hydrogens (primary N) is 1. The van der Waals surface area contributed by atoms with E-state index in [1.165, 1.54) is 22.7 Å². The number of pyridine rings is 1. The molecular weight excluding hydrogens is 382 g/mol. The van der Waals surface area contributed by atoms with Gasteiger partial charge < -0.3 is 11.1 Å². The Hall–Kier alpha value is -2.46. The fourth-order valence-corrected chi connectivity index (χ4v) is 4.99. The van der Waals surface area contributed by atoms with Gasteiger partial charge in [0.15, 0.2) is 0 Å². The van der Waals surface area contributed by atoms with Crippen LogP contribution in [0.3, 0.4) is 0 Å². The minimum atomic E-state index is -0.130. The zero-order valence-electron chi connectivity index (χ0n) is 14.5. The second-order valence-corrected chi connectivity index (χ2v) is 8.71. The molecule has 3 N–H and O–H groups in total. The summed E-state index contributed by atoms with van der Waals surface area (Å²) in [5.74, 6) is 0.821. The van der Waals surface area contributed by atoms with E-state index in [1.807, 2.05) is 18.2 Å². The van der Waals surface area contributed by atoms with Crippen LogP contribution in [0.4, 0.5) is 10.3 Å². The molecule has 4 rings (SSSR count). The van der Waals surface area contributed by atoms with E-state index in [0.29, 0.717) is 22.1 Å². The molecule has 1 aliphatic carbocycles. The van der Waals surface area contributed by atoms with Gasteiger partial charge in [0.25, 0.3) is 0 Å². The molecule has 1 aliphatic rings. The number of nitrogens with one attached hydrogen (secondary N) is 1. The van der Waals surface area contributed by atoms with Gasteiger partial charge >= 0.3 is 0 Å². The molecule has 10 heteroatoms. The van der Waals surface area contributed by atoms with Crippen molar-refractivity contribution in [3.8, 4) is 0 Å². The van der Waals surface area contributed by atoms with Crippen molar-refractivity contribution in [3.63, 3.8) is 0 Å². The number of carbonyl (C=O) groups is 1. The molecular formula is C17H19N7OS2. The Morgan fingerprint density at radius 3 is 2.89 bits per heavy atom. The predicted molar refractivity (Wildman–Crippen MR) is 105 cm³/mol. The Labute approximate surface area is 164 Å². The van der Waals surface area contributed by atoms with Crippen LogP contribution in [0.15, 0.2) is 24.4 Å². The molecule has 0 spiro atoms. The first-order valence-electron chi connectivity index (χ1n) is 8.76. The zero-order valence-corrected chi connectivity index (χ0v) is 16.2. The van der Waals surface area contributed by atoms with Gasteiger partial charge in [0, 0.05) is 24.2 Å². The summed E-state index contributed by atoms with van der Waals surface area (Å²) in [5, 5.41) is 22.3. The number of amides is 1. The maximum Gasteiger partial charge on any atom is 0.232 e. The molecule has 0 aliphatic heterocycles. The van der Waals surface area contributed by atoms with Crippen molar-refractivity contribution in [2.24, 2.45) is 5.92 Å². The highest BCUT2D eigenvalue weighted by molar-refractivity contribution is 7.15. The standard InChI is InChI=1S/C17H19N7OS2/c18-16-23-21-14(26-16)8-10-4-5-11(7-10)15-22-24-17(27-15)20-13(25)9-12-3-1-2-6-19-12/h1-3,6,10-11H,4-5,7-9H2,(H2,18,23)(H,20,24,25)/t10-,11+/m0/s1. The van der Waals surface area contributed by atoms with Crippen molar-refractivity contribution in [1.29, 1.82) is 0 Å². The minimum Gasteiger partial charge on any atom is -0.374 e. The van der Waals surface area contributed by atoms with Gasteiger partial charge in [0.05, 0.1) is 6.42 Å². The lowest BCUT2D eigenvalue weighted by Crippen LogP contribution is -2.14. The second-order valence-electron chi connectivity index (χ2n) is 6.61.